The van der Waals surface area contributed by atoms with E-state index in [-0.39, 0.29) is 22.3 Å². The van der Waals surface area contributed by atoms with Crippen LogP contribution < -0.4 is 0 Å². The fraction of sp³-hybridized carbons (Fsp3) is 0.200. The number of rotatable bonds is 9. The Kier molecular flexibility index (Phi) is 9.67. The van der Waals surface area contributed by atoms with Crippen molar-refractivity contribution in [3.8, 4) is 0 Å². The number of aliphatic hydroxyl groups excluding tert-OH is 1. The van der Waals surface area contributed by atoms with Crippen molar-refractivity contribution in [1.29, 1.82) is 0 Å². The Morgan fingerprint density at radius 1 is 0.578 bits per heavy atom. The van der Waals surface area contributed by atoms with Crippen molar-refractivity contribution in [2.45, 2.75) is 37.1 Å². The fourth-order valence-electron chi connectivity index (χ4n) is 4.81. The topological polar surface area (TPSA) is 135 Å². The zero-order chi connectivity index (χ0) is 31.8. The van der Waals surface area contributed by atoms with E-state index in [2.05, 4.69) is 0 Å². The number of esters is 4. The van der Waals surface area contributed by atoms with Gasteiger partial charge in [0.25, 0.3) is 0 Å². The van der Waals surface area contributed by atoms with Gasteiger partial charge in [0, 0.05) is 0 Å². The van der Waals surface area contributed by atoms with Crippen LogP contribution in [0.1, 0.15) is 48.4 Å². The minimum absolute atomic E-state index is 0.150. The van der Waals surface area contributed by atoms with Crippen molar-refractivity contribution < 1.29 is 48.0 Å². The number of carbonyl (C=O) groups excluding carboxylic acids is 4. The molecule has 0 saturated carbocycles. The zero-order valence-corrected chi connectivity index (χ0v) is 24.2. The molecule has 0 spiro atoms. The molecule has 1 N–H and O–H groups in total. The molecule has 4 aromatic carbocycles. The van der Waals surface area contributed by atoms with Gasteiger partial charge in [-0.05, 0) is 55.5 Å². The van der Waals surface area contributed by atoms with Crippen LogP contribution in [0.5, 0.6) is 0 Å². The molecule has 10 nitrogen and oxygen atoms in total. The van der Waals surface area contributed by atoms with Gasteiger partial charge in [-0.15, -0.1) is 0 Å². The first kappa shape index (κ1) is 31.1. The smallest absolute Gasteiger partial charge is 0.338 e. The largest absolute Gasteiger partial charge is 0.459 e. The highest BCUT2D eigenvalue weighted by Crippen LogP contribution is 2.36. The van der Waals surface area contributed by atoms with E-state index in [1.165, 1.54) is 43.3 Å². The van der Waals surface area contributed by atoms with Crippen molar-refractivity contribution in [2.24, 2.45) is 0 Å². The number of benzene rings is 4. The molecule has 0 bridgehead atoms. The normalized spacial score (nSPS) is 22.4. The van der Waals surface area contributed by atoms with Gasteiger partial charge in [-0.1, -0.05) is 72.8 Å². The van der Waals surface area contributed by atoms with Crippen LogP contribution in [0.3, 0.4) is 0 Å². The van der Waals surface area contributed by atoms with E-state index in [0.29, 0.717) is 0 Å². The van der Waals surface area contributed by atoms with Crippen molar-refractivity contribution in [3.05, 3.63) is 144 Å². The van der Waals surface area contributed by atoms with Crippen LogP contribution in [0.2, 0.25) is 0 Å². The Hall–Kier alpha value is -5.32. The third kappa shape index (κ3) is 7.43. The minimum Gasteiger partial charge on any atom is -0.459 e. The monoisotopic (exact) mass is 610 g/mol. The molecular weight excluding hydrogens is 580 g/mol. The molecule has 1 aliphatic heterocycles. The molecule has 4 aromatic rings. The summed E-state index contributed by atoms with van der Waals surface area (Å²) >= 11 is 0. The summed E-state index contributed by atoms with van der Waals surface area (Å²) in [6, 6.07) is 32.1. The molecule has 1 saturated heterocycles. The summed E-state index contributed by atoms with van der Waals surface area (Å²) in [5.41, 5.74) is -1.07. The second-order valence-corrected chi connectivity index (χ2v) is 10.4. The number of carbonyl (C=O) groups is 4. The maximum atomic E-state index is 13.4. The van der Waals surface area contributed by atoms with Gasteiger partial charge >= 0.3 is 23.9 Å². The highest BCUT2D eigenvalue weighted by molar-refractivity contribution is 5.91. The molecule has 45 heavy (non-hydrogen) atoms. The molecule has 1 heterocycles. The molecule has 0 radical (unpaired) electrons. The number of hydrogen-bond acceptors (Lipinski definition) is 10. The molecule has 1 aliphatic rings. The van der Waals surface area contributed by atoms with Crippen LogP contribution >= 0.6 is 0 Å². The van der Waals surface area contributed by atoms with Crippen LogP contribution in [-0.4, -0.2) is 65.8 Å². The summed E-state index contributed by atoms with van der Waals surface area (Å²) in [4.78, 5) is 52.8. The first-order chi connectivity index (χ1) is 21.7. The maximum absolute atomic E-state index is 13.4. The summed E-state index contributed by atoms with van der Waals surface area (Å²) in [5, 5.41) is 11.2. The van der Waals surface area contributed by atoms with Crippen molar-refractivity contribution >= 4 is 23.9 Å². The molecule has 5 rings (SSSR count). The Morgan fingerprint density at radius 2 is 0.933 bits per heavy atom. The second kappa shape index (κ2) is 14.0. The van der Waals surface area contributed by atoms with Crippen LogP contribution in [0.4, 0.5) is 0 Å². The summed E-state index contributed by atoms with van der Waals surface area (Å²) < 4.78 is 28.9. The predicted octanol–water partition coefficient (Wildman–Crippen LogP) is 4.63. The van der Waals surface area contributed by atoms with Gasteiger partial charge in [-0.2, -0.15) is 0 Å². The molecule has 0 amide bonds. The molecule has 230 valence electrons. The lowest BCUT2D eigenvalue weighted by atomic mass is 9.88. The molecule has 5 atom stereocenters. The van der Waals surface area contributed by atoms with Crippen LogP contribution in [0.25, 0.3) is 0 Å². The average Bonchev–Trinajstić information content (AvgIpc) is 3.08. The van der Waals surface area contributed by atoms with Gasteiger partial charge < -0.3 is 28.8 Å². The summed E-state index contributed by atoms with van der Waals surface area (Å²) in [6.07, 6.45) is -6.70. The van der Waals surface area contributed by atoms with Crippen LogP contribution in [0, 0.1) is 0 Å². The SMILES string of the molecule is C[C@]1(COC(=O)c2ccccc2)O[C@@H](O)[C@H](OC(=O)c2ccccc2)[C@@H](OC(=O)c2ccccc2)[C@@H]1OC(=O)c1ccccc1. The van der Waals surface area contributed by atoms with Gasteiger partial charge in [0.2, 0.25) is 0 Å². The first-order valence-corrected chi connectivity index (χ1v) is 14.1. The quantitative estimate of drug-likeness (QED) is 0.211. The van der Waals surface area contributed by atoms with Gasteiger partial charge in [-0.25, -0.2) is 19.2 Å². The zero-order valence-electron chi connectivity index (χ0n) is 24.2. The Balaban J connectivity index is 1.52. The lowest BCUT2D eigenvalue weighted by Gasteiger charge is -2.48. The second-order valence-electron chi connectivity index (χ2n) is 10.4. The highest BCUT2D eigenvalue weighted by Gasteiger charge is 2.58. The molecule has 0 aliphatic carbocycles. The van der Waals surface area contributed by atoms with E-state index < -0.39 is 60.7 Å². The van der Waals surface area contributed by atoms with Crippen molar-refractivity contribution in [2.75, 3.05) is 6.61 Å². The third-order valence-electron chi connectivity index (χ3n) is 7.14. The summed E-state index contributed by atoms with van der Waals surface area (Å²) in [5.74, 6) is -3.23. The molecule has 0 aromatic heterocycles. The lowest BCUT2D eigenvalue weighted by Crippen LogP contribution is -2.67. The number of aliphatic hydroxyl groups is 1. The molecule has 1 fully saturated rings. The van der Waals surface area contributed by atoms with Gasteiger partial charge in [-0.3, -0.25) is 0 Å². The number of hydrogen-bond donors (Lipinski definition) is 1. The summed E-state index contributed by atoms with van der Waals surface area (Å²) in [6.45, 7) is 0.888. The van der Waals surface area contributed by atoms with E-state index in [0.717, 1.165) is 0 Å². The van der Waals surface area contributed by atoms with Gasteiger partial charge in [0.05, 0.1) is 22.3 Å². The standard InChI is InChI=1S/C35H30O10/c1-35(22-41-30(36)23-14-6-2-7-15-23)29(44-33(39)26-20-12-5-13-21-26)27(42-31(37)24-16-8-3-9-17-24)28(34(40)45-35)43-32(38)25-18-10-4-11-19-25/h2-21,27-29,34,40H,22H2,1H3/t27-,28-,29+,34-,35-/m1/s1. The lowest BCUT2D eigenvalue weighted by molar-refractivity contribution is -0.318. The minimum atomic E-state index is -1.89. The first-order valence-electron chi connectivity index (χ1n) is 14.1. The van der Waals surface area contributed by atoms with Gasteiger partial charge in [0.1, 0.15) is 12.2 Å². The number of ether oxygens (including phenoxy) is 5. The van der Waals surface area contributed by atoms with E-state index >= 15 is 0 Å². The fourth-order valence-corrected chi connectivity index (χ4v) is 4.81. The Bertz CT molecular complexity index is 1610. The van der Waals surface area contributed by atoms with Crippen molar-refractivity contribution in [1.82, 2.24) is 0 Å². The summed E-state index contributed by atoms with van der Waals surface area (Å²) in [7, 11) is 0. The third-order valence-corrected chi connectivity index (χ3v) is 7.14. The van der Waals surface area contributed by atoms with Gasteiger partial charge in [0.15, 0.2) is 24.6 Å². The van der Waals surface area contributed by atoms with E-state index in [9.17, 15) is 24.3 Å². The molecular formula is C35H30O10. The highest BCUT2D eigenvalue weighted by atomic mass is 16.7. The van der Waals surface area contributed by atoms with Crippen LogP contribution in [0.15, 0.2) is 121 Å². The van der Waals surface area contributed by atoms with Crippen molar-refractivity contribution in [3.63, 3.8) is 0 Å². The van der Waals surface area contributed by atoms with E-state index in [4.69, 9.17) is 23.7 Å². The molecule has 10 heteroatoms. The molecule has 0 unspecified atom stereocenters. The predicted molar refractivity (Wildman–Crippen MR) is 159 cm³/mol. The van der Waals surface area contributed by atoms with E-state index in [1.54, 1.807) is 84.9 Å². The van der Waals surface area contributed by atoms with E-state index in [1.807, 2.05) is 0 Å². The van der Waals surface area contributed by atoms with Crippen LogP contribution in [-0.2, 0) is 23.7 Å². The Morgan fingerprint density at radius 3 is 1.36 bits per heavy atom. The Labute approximate surface area is 259 Å². The average molecular weight is 611 g/mol. The maximum Gasteiger partial charge on any atom is 0.338 e.